The molecular weight excluding hydrogens is 400 g/mol. The lowest BCUT2D eigenvalue weighted by Crippen LogP contribution is -2.37. The zero-order valence-corrected chi connectivity index (χ0v) is 17.9. The van der Waals surface area contributed by atoms with Gasteiger partial charge in [-0.05, 0) is 61.4 Å². The molecule has 30 heavy (non-hydrogen) atoms. The molecule has 0 fully saturated rings. The van der Waals surface area contributed by atoms with Gasteiger partial charge in [-0.15, -0.1) is 0 Å². The predicted molar refractivity (Wildman–Crippen MR) is 120 cm³/mol. The lowest BCUT2D eigenvalue weighted by Gasteiger charge is -2.23. The standard InChI is InChI=1S/C23H24N2O4S/c1-17-13-18(2)15-19(14-17)25(30(3,27)28)16-23(26)24-21-11-7-8-12-22(21)29-20-9-5-4-6-10-20/h4-15H,16H2,1-3H3,(H,24,26). The van der Waals surface area contributed by atoms with Crippen LogP contribution in [0.5, 0.6) is 11.5 Å². The quantitative estimate of drug-likeness (QED) is 0.606. The molecule has 0 aliphatic carbocycles. The first-order valence-electron chi connectivity index (χ1n) is 9.40. The zero-order valence-electron chi connectivity index (χ0n) is 17.1. The van der Waals surface area contributed by atoms with Gasteiger partial charge in [-0.3, -0.25) is 9.10 Å². The Bertz CT molecular complexity index is 1120. The van der Waals surface area contributed by atoms with Gasteiger partial charge in [0.2, 0.25) is 15.9 Å². The second-order valence-electron chi connectivity index (χ2n) is 7.07. The first-order chi connectivity index (χ1) is 14.2. The van der Waals surface area contributed by atoms with Gasteiger partial charge < -0.3 is 10.1 Å². The number of hydrogen-bond acceptors (Lipinski definition) is 4. The van der Waals surface area contributed by atoms with Crippen LogP contribution in [0.4, 0.5) is 11.4 Å². The summed E-state index contributed by atoms with van der Waals surface area (Å²) < 4.78 is 31.7. The van der Waals surface area contributed by atoms with Gasteiger partial charge in [-0.1, -0.05) is 36.4 Å². The highest BCUT2D eigenvalue weighted by atomic mass is 32.2. The maximum atomic E-state index is 12.7. The number of carbonyl (C=O) groups is 1. The largest absolute Gasteiger partial charge is 0.455 e. The molecular formula is C23H24N2O4S. The van der Waals surface area contributed by atoms with E-state index in [0.717, 1.165) is 21.7 Å². The number of carbonyl (C=O) groups excluding carboxylic acids is 1. The van der Waals surface area contributed by atoms with Crippen molar-refractivity contribution in [1.29, 1.82) is 0 Å². The molecule has 156 valence electrons. The Morgan fingerprint density at radius 2 is 1.53 bits per heavy atom. The predicted octanol–water partition coefficient (Wildman–Crippen LogP) is 4.50. The number of benzene rings is 3. The molecule has 1 amide bonds. The molecule has 3 rings (SSSR count). The van der Waals surface area contributed by atoms with Gasteiger partial charge in [0.05, 0.1) is 17.6 Å². The highest BCUT2D eigenvalue weighted by molar-refractivity contribution is 7.92. The van der Waals surface area contributed by atoms with Gasteiger partial charge in [0.15, 0.2) is 5.75 Å². The molecule has 0 spiro atoms. The molecule has 0 saturated carbocycles. The minimum atomic E-state index is -3.66. The number of sulfonamides is 1. The minimum Gasteiger partial charge on any atom is -0.455 e. The summed E-state index contributed by atoms with van der Waals surface area (Å²) in [4.78, 5) is 12.7. The third-order valence-corrected chi connectivity index (χ3v) is 5.45. The van der Waals surface area contributed by atoms with Crippen LogP contribution in [0.25, 0.3) is 0 Å². The summed E-state index contributed by atoms with van der Waals surface area (Å²) in [6.07, 6.45) is 1.09. The second-order valence-corrected chi connectivity index (χ2v) is 8.98. The Morgan fingerprint density at radius 3 is 2.17 bits per heavy atom. The van der Waals surface area contributed by atoms with Crippen LogP contribution in [-0.4, -0.2) is 27.1 Å². The molecule has 0 radical (unpaired) electrons. The molecule has 0 unspecified atom stereocenters. The monoisotopic (exact) mass is 424 g/mol. The SMILES string of the molecule is Cc1cc(C)cc(N(CC(=O)Nc2ccccc2Oc2ccccc2)S(C)(=O)=O)c1. The van der Waals surface area contributed by atoms with Gasteiger partial charge in [0.1, 0.15) is 12.3 Å². The summed E-state index contributed by atoms with van der Waals surface area (Å²) in [6.45, 7) is 3.42. The van der Waals surface area contributed by atoms with Crippen LogP contribution in [-0.2, 0) is 14.8 Å². The fourth-order valence-corrected chi connectivity index (χ4v) is 3.93. The Labute approximate surface area is 177 Å². The number of hydrogen-bond donors (Lipinski definition) is 1. The number of rotatable bonds is 7. The first kappa shape index (κ1) is 21.4. The van der Waals surface area contributed by atoms with Crippen molar-refractivity contribution in [3.63, 3.8) is 0 Å². The normalized spacial score (nSPS) is 11.0. The molecule has 3 aromatic carbocycles. The highest BCUT2D eigenvalue weighted by Crippen LogP contribution is 2.29. The average molecular weight is 425 g/mol. The highest BCUT2D eigenvalue weighted by Gasteiger charge is 2.22. The molecule has 3 aromatic rings. The average Bonchev–Trinajstić information content (AvgIpc) is 2.67. The number of aryl methyl sites for hydroxylation is 2. The summed E-state index contributed by atoms with van der Waals surface area (Å²) in [5, 5.41) is 2.76. The van der Waals surface area contributed by atoms with Crippen molar-refractivity contribution >= 4 is 27.3 Å². The zero-order chi connectivity index (χ0) is 21.7. The van der Waals surface area contributed by atoms with E-state index in [1.807, 2.05) is 50.2 Å². The van der Waals surface area contributed by atoms with Crippen LogP contribution in [0.15, 0.2) is 72.8 Å². The number of amides is 1. The Balaban J connectivity index is 1.81. The third kappa shape index (κ3) is 5.61. The summed E-state index contributed by atoms with van der Waals surface area (Å²) in [7, 11) is -3.66. The van der Waals surface area contributed by atoms with E-state index in [1.165, 1.54) is 0 Å². The number of anilines is 2. The molecule has 6 nitrogen and oxygen atoms in total. The van der Waals surface area contributed by atoms with Crippen LogP contribution in [0.2, 0.25) is 0 Å². The number of nitrogens with one attached hydrogen (secondary N) is 1. The Hall–Kier alpha value is -3.32. The van der Waals surface area contributed by atoms with E-state index in [0.29, 0.717) is 22.9 Å². The summed E-state index contributed by atoms with van der Waals surface area (Å²) in [6, 6.07) is 21.6. The van der Waals surface area contributed by atoms with E-state index in [4.69, 9.17) is 4.74 Å². The van der Waals surface area contributed by atoms with Crippen molar-refractivity contribution in [3.8, 4) is 11.5 Å². The second kappa shape index (κ2) is 9.00. The molecule has 7 heteroatoms. The van der Waals surface area contributed by atoms with Gasteiger partial charge in [0, 0.05) is 0 Å². The number of para-hydroxylation sites is 3. The van der Waals surface area contributed by atoms with Crippen LogP contribution >= 0.6 is 0 Å². The molecule has 0 atom stereocenters. The molecule has 0 aromatic heterocycles. The minimum absolute atomic E-state index is 0.346. The van der Waals surface area contributed by atoms with Crippen molar-refractivity contribution in [2.24, 2.45) is 0 Å². The van der Waals surface area contributed by atoms with Crippen molar-refractivity contribution < 1.29 is 17.9 Å². The maximum absolute atomic E-state index is 12.7. The van der Waals surface area contributed by atoms with Crippen LogP contribution in [0.3, 0.4) is 0 Å². The fourth-order valence-electron chi connectivity index (χ4n) is 3.09. The van der Waals surface area contributed by atoms with Crippen LogP contribution in [0.1, 0.15) is 11.1 Å². The van der Waals surface area contributed by atoms with E-state index in [9.17, 15) is 13.2 Å². The molecule has 0 aliphatic heterocycles. The molecule has 0 heterocycles. The maximum Gasteiger partial charge on any atom is 0.245 e. The van der Waals surface area contributed by atoms with E-state index in [1.54, 1.807) is 36.4 Å². The van der Waals surface area contributed by atoms with Gasteiger partial charge >= 0.3 is 0 Å². The summed E-state index contributed by atoms with van der Waals surface area (Å²) in [5.41, 5.74) is 2.75. The number of ether oxygens (including phenoxy) is 1. The molecule has 0 aliphatic rings. The van der Waals surface area contributed by atoms with Crippen LogP contribution < -0.4 is 14.4 Å². The topological polar surface area (TPSA) is 75.7 Å². The summed E-state index contributed by atoms with van der Waals surface area (Å²) in [5.74, 6) is 0.630. The molecule has 0 bridgehead atoms. The fraction of sp³-hybridized carbons (Fsp3) is 0.174. The van der Waals surface area contributed by atoms with E-state index in [-0.39, 0.29) is 6.54 Å². The van der Waals surface area contributed by atoms with Gasteiger partial charge in [-0.25, -0.2) is 8.42 Å². The van der Waals surface area contributed by atoms with E-state index in [2.05, 4.69) is 5.32 Å². The molecule has 0 saturated heterocycles. The van der Waals surface area contributed by atoms with Crippen LogP contribution in [0, 0.1) is 13.8 Å². The first-order valence-corrected chi connectivity index (χ1v) is 11.2. The van der Waals surface area contributed by atoms with Gasteiger partial charge in [-0.2, -0.15) is 0 Å². The number of nitrogens with zero attached hydrogens (tertiary/aromatic N) is 1. The van der Waals surface area contributed by atoms with Crippen molar-refractivity contribution in [2.75, 3.05) is 22.4 Å². The summed E-state index contributed by atoms with van der Waals surface area (Å²) >= 11 is 0. The third-order valence-electron chi connectivity index (χ3n) is 4.31. The Kier molecular flexibility index (Phi) is 6.42. The van der Waals surface area contributed by atoms with Crippen molar-refractivity contribution in [3.05, 3.63) is 83.9 Å². The lowest BCUT2D eigenvalue weighted by atomic mass is 10.1. The van der Waals surface area contributed by atoms with E-state index < -0.39 is 15.9 Å². The smallest absolute Gasteiger partial charge is 0.245 e. The molecule has 1 N–H and O–H groups in total. The Morgan fingerprint density at radius 1 is 0.933 bits per heavy atom. The van der Waals surface area contributed by atoms with E-state index >= 15 is 0 Å². The van der Waals surface area contributed by atoms with Crippen molar-refractivity contribution in [1.82, 2.24) is 0 Å². The van der Waals surface area contributed by atoms with Crippen molar-refractivity contribution in [2.45, 2.75) is 13.8 Å². The van der Waals surface area contributed by atoms with Gasteiger partial charge in [0.25, 0.3) is 0 Å². The lowest BCUT2D eigenvalue weighted by molar-refractivity contribution is -0.114.